The van der Waals surface area contributed by atoms with Gasteiger partial charge >= 0.3 is 0 Å². The fourth-order valence-electron chi connectivity index (χ4n) is 3.76. The summed E-state index contributed by atoms with van der Waals surface area (Å²) >= 11 is 0. The number of hydrogen-bond donors (Lipinski definition) is 0. The molecule has 2 fully saturated rings. The fraction of sp³-hybridized carbons (Fsp3) is 0.412. The first-order chi connectivity index (χ1) is 10.7. The number of likely N-dealkylation sites (tertiary alicyclic amines) is 1. The normalized spacial score (nSPS) is 26.4. The van der Waals surface area contributed by atoms with Crippen molar-refractivity contribution in [3.05, 3.63) is 48.5 Å². The molecule has 2 aliphatic rings. The first kappa shape index (κ1) is 13.4. The van der Waals surface area contributed by atoms with Gasteiger partial charge in [-0.25, -0.2) is 0 Å². The highest BCUT2D eigenvalue weighted by atomic mass is 16.5. The van der Waals surface area contributed by atoms with Crippen LogP contribution in [0.2, 0.25) is 0 Å². The predicted molar refractivity (Wildman–Crippen MR) is 81.6 cm³/mol. The number of fused-ring (bicyclic) bond motifs is 2. The lowest BCUT2D eigenvalue weighted by molar-refractivity contribution is 0.0657. The molecule has 3 heterocycles. The van der Waals surface area contributed by atoms with Crippen molar-refractivity contribution < 1.29 is 9.53 Å². The monoisotopic (exact) mass is 297 g/mol. The van der Waals surface area contributed by atoms with Crippen molar-refractivity contribution in [2.24, 2.45) is 13.0 Å². The molecule has 0 radical (unpaired) electrons. The number of pyridine rings is 1. The largest absolute Gasteiger partial charge is 0.486 e. The summed E-state index contributed by atoms with van der Waals surface area (Å²) < 4.78 is 8.01. The standard InChI is InChI=1S/C17H19N3O2/c1-19-9-3-5-15(19)17(21)20-11-12-6-7-14(20)16(12)22-13-4-2-8-18-10-13/h2-5,8-10,12,14,16H,6-7,11H2,1H3/t12-,14+,16-/m1/s1. The zero-order valence-corrected chi connectivity index (χ0v) is 12.6. The van der Waals surface area contributed by atoms with Crippen LogP contribution in [0, 0.1) is 5.92 Å². The summed E-state index contributed by atoms with van der Waals surface area (Å²) in [4.78, 5) is 18.8. The van der Waals surface area contributed by atoms with E-state index in [9.17, 15) is 4.79 Å². The van der Waals surface area contributed by atoms with Crippen molar-refractivity contribution in [1.29, 1.82) is 0 Å². The van der Waals surface area contributed by atoms with Crippen molar-refractivity contribution in [1.82, 2.24) is 14.5 Å². The highest BCUT2D eigenvalue weighted by Gasteiger charge is 2.50. The predicted octanol–water partition coefficient (Wildman–Crippen LogP) is 2.10. The SMILES string of the molecule is Cn1cccc1C(=O)N1C[C@H]2CC[C@H]1[C@@H]2Oc1cccnc1. The minimum Gasteiger partial charge on any atom is -0.486 e. The molecule has 3 atom stereocenters. The van der Waals surface area contributed by atoms with Gasteiger partial charge < -0.3 is 14.2 Å². The summed E-state index contributed by atoms with van der Waals surface area (Å²) in [6.45, 7) is 0.791. The van der Waals surface area contributed by atoms with Crippen molar-refractivity contribution in [3.63, 3.8) is 0 Å². The zero-order valence-electron chi connectivity index (χ0n) is 12.6. The Balaban J connectivity index is 1.54. The quantitative estimate of drug-likeness (QED) is 0.871. The fourth-order valence-corrected chi connectivity index (χ4v) is 3.76. The number of carbonyl (C=O) groups excluding carboxylic acids is 1. The van der Waals surface area contributed by atoms with E-state index in [1.54, 1.807) is 12.4 Å². The average molecular weight is 297 g/mol. The Morgan fingerprint density at radius 3 is 2.95 bits per heavy atom. The molecular formula is C17H19N3O2. The van der Waals surface area contributed by atoms with Crippen LogP contribution in [0.15, 0.2) is 42.9 Å². The van der Waals surface area contributed by atoms with Crippen molar-refractivity contribution in [2.75, 3.05) is 6.54 Å². The van der Waals surface area contributed by atoms with Crippen molar-refractivity contribution in [3.8, 4) is 5.75 Å². The third-order valence-electron chi connectivity index (χ3n) is 4.84. The molecule has 1 aliphatic carbocycles. The van der Waals surface area contributed by atoms with Gasteiger partial charge in [0.05, 0.1) is 12.2 Å². The number of rotatable bonds is 3. The maximum Gasteiger partial charge on any atom is 0.270 e. The molecule has 114 valence electrons. The van der Waals surface area contributed by atoms with Crippen LogP contribution in [0.5, 0.6) is 5.75 Å². The molecule has 0 spiro atoms. The second kappa shape index (κ2) is 5.16. The molecule has 2 bridgehead atoms. The Labute approximate surface area is 129 Å². The number of nitrogens with zero attached hydrogens (tertiary/aromatic N) is 3. The maximum atomic E-state index is 12.8. The zero-order chi connectivity index (χ0) is 15.1. The Kier molecular flexibility index (Phi) is 3.13. The minimum atomic E-state index is 0.0911. The molecule has 1 saturated heterocycles. The molecule has 5 nitrogen and oxygen atoms in total. The molecule has 4 rings (SSSR count). The Hall–Kier alpha value is -2.30. The smallest absolute Gasteiger partial charge is 0.270 e. The van der Waals surface area contributed by atoms with E-state index in [-0.39, 0.29) is 18.1 Å². The lowest BCUT2D eigenvalue weighted by Crippen LogP contribution is -2.41. The van der Waals surface area contributed by atoms with E-state index < -0.39 is 0 Å². The number of carbonyl (C=O) groups is 1. The van der Waals surface area contributed by atoms with E-state index in [0.29, 0.717) is 5.92 Å². The number of aromatic nitrogens is 2. The van der Waals surface area contributed by atoms with Gasteiger partial charge in [-0.1, -0.05) is 0 Å². The summed E-state index contributed by atoms with van der Waals surface area (Å²) in [7, 11) is 1.91. The second-order valence-corrected chi connectivity index (χ2v) is 6.14. The van der Waals surface area contributed by atoms with E-state index in [2.05, 4.69) is 4.98 Å². The highest BCUT2D eigenvalue weighted by Crippen LogP contribution is 2.40. The van der Waals surface area contributed by atoms with E-state index in [1.165, 1.54) is 0 Å². The molecule has 1 aliphatic heterocycles. The van der Waals surface area contributed by atoms with E-state index in [0.717, 1.165) is 30.8 Å². The summed E-state index contributed by atoms with van der Waals surface area (Å²) in [6.07, 6.45) is 7.62. The van der Waals surface area contributed by atoms with Crippen LogP contribution in [-0.2, 0) is 7.05 Å². The molecule has 0 N–H and O–H groups in total. The van der Waals surface area contributed by atoms with Gasteiger partial charge in [0, 0.05) is 31.9 Å². The third kappa shape index (κ3) is 2.08. The topological polar surface area (TPSA) is 47.4 Å². The van der Waals surface area contributed by atoms with Gasteiger partial charge in [-0.05, 0) is 37.1 Å². The van der Waals surface area contributed by atoms with Crippen LogP contribution in [0.3, 0.4) is 0 Å². The average Bonchev–Trinajstić information content (AvgIpc) is 3.23. The Morgan fingerprint density at radius 2 is 2.23 bits per heavy atom. The minimum absolute atomic E-state index is 0.0911. The van der Waals surface area contributed by atoms with Crippen molar-refractivity contribution >= 4 is 5.91 Å². The first-order valence-electron chi connectivity index (χ1n) is 7.73. The summed E-state index contributed by atoms with van der Waals surface area (Å²) in [5, 5.41) is 0. The molecule has 0 unspecified atom stereocenters. The Morgan fingerprint density at radius 1 is 1.32 bits per heavy atom. The lowest BCUT2D eigenvalue weighted by Gasteiger charge is -2.27. The van der Waals surface area contributed by atoms with Gasteiger partial charge in [-0.2, -0.15) is 0 Å². The van der Waals surface area contributed by atoms with Crippen LogP contribution < -0.4 is 4.74 Å². The van der Waals surface area contributed by atoms with Crippen LogP contribution in [0.1, 0.15) is 23.3 Å². The third-order valence-corrected chi connectivity index (χ3v) is 4.84. The van der Waals surface area contributed by atoms with Crippen molar-refractivity contribution in [2.45, 2.75) is 25.0 Å². The van der Waals surface area contributed by atoms with Gasteiger partial charge in [-0.15, -0.1) is 0 Å². The van der Waals surface area contributed by atoms with Gasteiger partial charge in [0.15, 0.2) is 0 Å². The first-order valence-corrected chi connectivity index (χ1v) is 7.73. The highest BCUT2D eigenvalue weighted by molar-refractivity contribution is 5.93. The van der Waals surface area contributed by atoms with Gasteiger partial charge in [-0.3, -0.25) is 9.78 Å². The molecule has 1 amide bonds. The molecule has 0 aromatic carbocycles. The van der Waals surface area contributed by atoms with Crippen LogP contribution in [0.25, 0.3) is 0 Å². The summed E-state index contributed by atoms with van der Waals surface area (Å²) in [6, 6.07) is 7.76. The van der Waals surface area contributed by atoms with Gasteiger partial charge in [0.1, 0.15) is 17.5 Å². The number of amides is 1. The summed E-state index contributed by atoms with van der Waals surface area (Å²) in [5.74, 6) is 1.33. The van der Waals surface area contributed by atoms with Crippen LogP contribution in [-0.4, -0.2) is 39.0 Å². The van der Waals surface area contributed by atoms with Gasteiger partial charge in [0.2, 0.25) is 0 Å². The lowest BCUT2D eigenvalue weighted by atomic mass is 10.1. The van der Waals surface area contributed by atoms with E-state index in [4.69, 9.17) is 4.74 Å². The second-order valence-electron chi connectivity index (χ2n) is 6.14. The maximum absolute atomic E-state index is 12.8. The van der Waals surface area contributed by atoms with Gasteiger partial charge in [0.25, 0.3) is 5.91 Å². The molecule has 22 heavy (non-hydrogen) atoms. The van der Waals surface area contributed by atoms with E-state index >= 15 is 0 Å². The summed E-state index contributed by atoms with van der Waals surface area (Å²) in [5.41, 5.74) is 0.743. The number of ether oxygens (including phenoxy) is 1. The number of hydrogen-bond acceptors (Lipinski definition) is 3. The molecular weight excluding hydrogens is 278 g/mol. The van der Waals surface area contributed by atoms with Crippen LogP contribution in [0.4, 0.5) is 0 Å². The van der Waals surface area contributed by atoms with Crippen LogP contribution >= 0.6 is 0 Å². The number of aryl methyl sites for hydroxylation is 1. The molecule has 5 heteroatoms. The molecule has 2 aromatic rings. The molecule has 2 aromatic heterocycles. The molecule has 1 saturated carbocycles. The van der Waals surface area contributed by atoms with E-state index in [1.807, 2.05) is 47.0 Å². The number of piperidine rings is 1. The Bertz CT molecular complexity index is 682.